The van der Waals surface area contributed by atoms with Gasteiger partial charge in [0.25, 0.3) is 5.91 Å². The normalized spacial score (nSPS) is 15.3. The van der Waals surface area contributed by atoms with E-state index < -0.39 is 0 Å². The molecule has 0 radical (unpaired) electrons. The number of amides is 2. The fourth-order valence-corrected chi connectivity index (χ4v) is 3.26. The monoisotopic (exact) mass is 367 g/mol. The minimum Gasteiger partial charge on any atom is -0.497 e. The summed E-state index contributed by atoms with van der Waals surface area (Å²) < 4.78 is 5.30. The van der Waals surface area contributed by atoms with Crippen molar-refractivity contribution in [3.05, 3.63) is 35.5 Å². The number of carbonyl (C=O) groups is 2. The summed E-state index contributed by atoms with van der Waals surface area (Å²) >= 11 is 0. The van der Waals surface area contributed by atoms with E-state index in [1.54, 1.807) is 20.2 Å². The summed E-state index contributed by atoms with van der Waals surface area (Å²) in [5.41, 5.74) is 2.98. The Hall–Kier alpha value is -3.16. The lowest BCUT2D eigenvalue weighted by atomic mass is 10.1. The molecule has 27 heavy (non-hydrogen) atoms. The van der Waals surface area contributed by atoms with E-state index in [1.165, 1.54) is 0 Å². The van der Waals surface area contributed by atoms with Crippen molar-refractivity contribution in [2.45, 2.75) is 19.3 Å². The standard InChI is InChI=1S/C19H21N5O3/c1-20-19(26)17-15(10-16(22-23-17)21-18(25)11-3-4-11)24-8-7-12-9-13(27-2)5-6-14(12)24/h5-6,9-11H,3-4,7-8H2,1-2H3,(H,20,26)(H,21,22,25). The van der Waals surface area contributed by atoms with E-state index in [0.717, 1.165) is 36.3 Å². The van der Waals surface area contributed by atoms with Gasteiger partial charge in [-0.15, -0.1) is 10.2 Å². The molecular weight excluding hydrogens is 346 g/mol. The van der Waals surface area contributed by atoms with Gasteiger partial charge in [0.05, 0.1) is 12.8 Å². The smallest absolute Gasteiger partial charge is 0.273 e. The van der Waals surface area contributed by atoms with Gasteiger partial charge in [-0.3, -0.25) is 9.59 Å². The number of benzene rings is 1. The highest BCUT2D eigenvalue weighted by Crippen LogP contribution is 2.38. The van der Waals surface area contributed by atoms with Crippen LogP contribution >= 0.6 is 0 Å². The summed E-state index contributed by atoms with van der Waals surface area (Å²) in [4.78, 5) is 26.4. The van der Waals surface area contributed by atoms with Crippen molar-refractivity contribution in [1.82, 2.24) is 15.5 Å². The van der Waals surface area contributed by atoms with Gasteiger partial charge in [0.1, 0.15) is 5.75 Å². The number of ether oxygens (including phenoxy) is 1. The number of rotatable bonds is 5. The zero-order valence-electron chi connectivity index (χ0n) is 15.3. The average Bonchev–Trinajstić information content (AvgIpc) is 3.46. The van der Waals surface area contributed by atoms with Gasteiger partial charge < -0.3 is 20.3 Å². The second-order valence-corrected chi connectivity index (χ2v) is 6.70. The summed E-state index contributed by atoms with van der Waals surface area (Å²) in [5, 5.41) is 13.5. The Labute approximate surface area is 156 Å². The van der Waals surface area contributed by atoms with Crippen LogP contribution in [0.5, 0.6) is 5.75 Å². The number of fused-ring (bicyclic) bond motifs is 1. The molecule has 1 saturated carbocycles. The van der Waals surface area contributed by atoms with E-state index in [-0.39, 0.29) is 23.4 Å². The van der Waals surface area contributed by atoms with Gasteiger partial charge in [-0.1, -0.05) is 0 Å². The first-order chi connectivity index (χ1) is 13.1. The first-order valence-corrected chi connectivity index (χ1v) is 8.96. The second-order valence-electron chi connectivity index (χ2n) is 6.70. The highest BCUT2D eigenvalue weighted by atomic mass is 16.5. The Morgan fingerprint density at radius 3 is 2.70 bits per heavy atom. The molecule has 0 bridgehead atoms. The van der Waals surface area contributed by atoms with E-state index in [2.05, 4.69) is 20.8 Å². The summed E-state index contributed by atoms with van der Waals surface area (Å²) in [6.45, 7) is 0.703. The van der Waals surface area contributed by atoms with Crippen LogP contribution in [0.2, 0.25) is 0 Å². The Balaban J connectivity index is 1.71. The van der Waals surface area contributed by atoms with Crippen LogP contribution < -0.4 is 20.3 Å². The Bertz CT molecular complexity index is 910. The maximum absolute atomic E-state index is 12.3. The number of carbonyl (C=O) groups excluding carboxylic acids is 2. The number of methoxy groups -OCH3 is 1. The summed E-state index contributed by atoms with van der Waals surface area (Å²) in [5.74, 6) is 0.853. The molecule has 2 heterocycles. The molecule has 1 aromatic carbocycles. The fourth-order valence-electron chi connectivity index (χ4n) is 3.26. The molecule has 1 aromatic heterocycles. The molecule has 2 aliphatic rings. The van der Waals surface area contributed by atoms with E-state index in [1.807, 2.05) is 23.1 Å². The third kappa shape index (κ3) is 3.30. The second kappa shape index (κ2) is 6.86. The summed E-state index contributed by atoms with van der Waals surface area (Å²) in [6, 6.07) is 7.58. The molecule has 0 saturated heterocycles. The third-order valence-corrected chi connectivity index (χ3v) is 4.89. The quantitative estimate of drug-likeness (QED) is 0.838. The van der Waals surface area contributed by atoms with Crippen LogP contribution in [0.1, 0.15) is 28.9 Å². The van der Waals surface area contributed by atoms with Crippen molar-refractivity contribution in [2.75, 3.05) is 30.9 Å². The van der Waals surface area contributed by atoms with Gasteiger partial charge in [-0.25, -0.2) is 0 Å². The van der Waals surface area contributed by atoms with Crippen molar-refractivity contribution >= 4 is 29.0 Å². The molecule has 4 rings (SSSR count). The largest absolute Gasteiger partial charge is 0.497 e. The topological polar surface area (TPSA) is 96.4 Å². The van der Waals surface area contributed by atoms with Crippen molar-refractivity contribution in [3.63, 3.8) is 0 Å². The molecule has 8 heteroatoms. The Morgan fingerprint density at radius 2 is 2.00 bits per heavy atom. The molecule has 140 valence electrons. The molecule has 0 unspecified atom stereocenters. The van der Waals surface area contributed by atoms with Crippen molar-refractivity contribution in [3.8, 4) is 5.75 Å². The summed E-state index contributed by atoms with van der Waals surface area (Å²) in [7, 11) is 3.19. The van der Waals surface area contributed by atoms with Gasteiger partial charge in [0, 0.05) is 31.3 Å². The minimum absolute atomic E-state index is 0.0468. The van der Waals surface area contributed by atoms with E-state index in [4.69, 9.17) is 4.74 Å². The number of aromatic nitrogens is 2. The lowest BCUT2D eigenvalue weighted by molar-refractivity contribution is -0.117. The number of nitrogens with zero attached hydrogens (tertiary/aromatic N) is 3. The predicted molar refractivity (Wildman–Crippen MR) is 100 cm³/mol. The van der Waals surface area contributed by atoms with Crippen LogP contribution in [0.25, 0.3) is 0 Å². The van der Waals surface area contributed by atoms with Crippen LogP contribution in [0.4, 0.5) is 17.2 Å². The maximum Gasteiger partial charge on any atom is 0.273 e. The van der Waals surface area contributed by atoms with Crippen molar-refractivity contribution in [2.24, 2.45) is 5.92 Å². The van der Waals surface area contributed by atoms with Gasteiger partial charge in [-0.05, 0) is 43.0 Å². The van der Waals surface area contributed by atoms with Crippen LogP contribution in [-0.2, 0) is 11.2 Å². The molecule has 0 spiro atoms. The molecule has 1 fully saturated rings. The first-order valence-electron chi connectivity index (χ1n) is 8.96. The van der Waals surface area contributed by atoms with Gasteiger partial charge in [-0.2, -0.15) is 0 Å². The molecule has 1 aliphatic heterocycles. The Kier molecular flexibility index (Phi) is 4.39. The van der Waals surface area contributed by atoms with Crippen LogP contribution in [0, 0.1) is 5.92 Å². The predicted octanol–water partition coefficient (Wildman–Crippen LogP) is 1.89. The van der Waals surface area contributed by atoms with Crippen molar-refractivity contribution < 1.29 is 14.3 Å². The van der Waals surface area contributed by atoms with Gasteiger partial charge in [0.2, 0.25) is 5.91 Å². The molecule has 2 aromatic rings. The SMILES string of the molecule is CNC(=O)c1nnc(NC(=O)C2CC2)cc1N1CCc2cc(OC)ccc21. The van der Waals surface area contributed by atoms with Crippen LogP contribution in [0.15, 0.2) is 24.3 Å². The summed E-state index contributed by atoms with van der Waals surface area (Å²) in [6.07, 6.45) is 2.64. The van der Waals surface area contributed by atoms with Gasteiger partial charge in [0.15, 0.2) is 11.5 Å². The molecule has 2 N–H and O–H groups in total. The number of hydrogen-bond donors (Lipinski definition) is 2. The first kappa shape index (κ1) is 17.3. The highest BCUT2D eigenvalue weighted by molar-refractivity contribution is 6.00. The maximum atomic E-state index is 12.3. The lowest BCUT2D eigenvalue weighted by Gasteiger charge is -2.22. The van der Waals surface area contributed by atoms with E-state index in [0.29, 0.717) is 18.1 Å². The number of hydrogen-bond acceptors (Lipinski definition) is 6. The van der Waals surface area contributed by atoms with E-state index in [9.17, 15) is 9.59 Å². The molecular formula is C19H21N5O3. The molecule has 8 nitrogen and oxygen atoms in total. The zero-order valence-corrected chi connectivity index (χ0v) is 15.3. The lowest BCUT2D eigenvalue weighted by Crippen LogP contribution is -2.26. The zero-order chi connectivity index (χ0) is 19.0. The fraction of sp³-hybridized carbons (Fsp3) is 0.368. The van der Waals surface area contributed by atoms with Crippen LogP contribution in [0.3, 0.4) is 0 Å². The van der Waals surface area contributed by atoms with Gasteiger partial charge >= 0.3 is 0 Å². The van der Waals surface area contributed by atoms with Crippen molar-refractivity contribution in [1.29, 1.82) is 0 Å². The minimum atomic E-state index is -0.320. The Morgan fingerprint density at radius 1 is 1.19 bits per heavy atom. The molecule has 1 aliphatic carbocycles. The van der Waals surface area contributed by atoms with Crippen LogP contribution in [-0.4, -0.2) is 42.7 Å². The van der Waals surface area contributed by atoms with E-state index >= 15 is 0 Å². The average molecular weight is 367 g/mol. The number of nitrogens with one attached hydrogen (secondary N) is 2. The molecule has 2 amide bonds. The third-order valence-electron chi connectivity index (χ3n) is 4.89. The highest BCUT2D eigenvalue weighted by Gasteiger charge is 2.31. The number of anilines is 3. The molecule has 0 atom stereocenters.